The van der Waals surface area contributed by atoms with Gasteiger partial charge in [-0.1, -0.05) is 61.0 Å². The van der Waals surface area contributed by atoms with Crippen LogP contribution in [0.1, 0.15) is 55.7 Å². The summed E-state index contributed by atoms with van der Waals surface area (Å²) >= 11 is 0. The molecule has 2 amide bonds. The molecular weight excluding hydrogens is 515 g/mol. The van der Waals surface area contributed by atoms with E-state index in [1.54, 1.807) is 0 Å². The average molecular weight is 556 g/mol. The first kappa shape index (κ1) is 34.4. The lowest BCUT2D eigenvalue weighted by Crippen LogP contribution is -2.48. The van der Waals surface area contributed by atoms with Gasteiger partial charge in [0.1, 0.15) is 6.04 Å². The predicted octanol–water partition coefficient (Wildman–Crippen LogP) is 3.17. The summed E-state index contributed by atoms with van der Waals surface area (Å²) in [6.45, 7) is 2.01. The maximum Gasteiger partial charge on any atom is 0.353 e. The molecule has 37 heavy (non-hydrogen) atoms. The van der Waals surface area contributed by atoms with E-state index in [9.17, 15) is 14.4 Å². The maximum absolute atomic E-state index is 12.1. The topological polar surface area (TPSA) is 137 Å². The summed E-state index contributed by atoms with van der Waals surface area (Å²) in [6.07, 6.45) is 6.34. The van der Waals surface area contributed by atoms with E-state index in [1.807, 2.05) is 30.3 Å². The van der Waals surface area contributed by atoms with Crippen LogP contribution in [0.2, 0.25) is 0 Å². The summed E-state index contributed by atoms with van der Waals surface area (Å²) < 4.78 is 0. The van der Waals surface area contributed by atoms with Crippen LogP contribution in [-0.2, 0) is 38.5 Å². The van der Waals surface area contributed by atoms with Crippen molar-refractivity contribution in [3.8, 4) is 0 Å². The van der Waals surface area contributed by atoms with Crippen LogP contribution in [0.15, 0.2) is 54.6 Å². The van der Waals surface area contributed by atoms with Gasteiger partial charge < -0.3 is 21.6 Å². The highest BCUT2D eigenvalue weighted by molar-refractivity contribution is 5.88. The number of hydrogen-bond donors (Lipinski definition) is 4. The quantitative estimate of drug-likeness (QED) is 0.209. The number of carbonyl (C=O) groups excluding carboxylic acids is 3. The fourth-order valence-electron chi connectivity index (χ4n) is 3.56. The van der Waals surface area contributed by atoms with Crippen LogP contribution < -0.4 is 22.3 Å². The van der Waals surface area contributed by atoms with E-state index in [4.69, 9.17) is 16.3 Å². The Morgan fingerprint density at radius 1 is 0.838 bits per heavy atom. The van der Waals surface area contributed by atoms with Crippen molar-refractivity contribution in [1.29, 1.82) is 0 Å². The largest absolute Gasteiger partial charge is 0.353 e. The van der Waals surface area contributed by atoms with Crippen molar-refractivity contribution in [2.24, 2.45) is 11.5 Å². The smallest absolute Gasteiger partial charge is 0.342 e. The summed E-state index contributed by atoms with van der Waals surface area (Å²) in [5.41, 5.74) is 16.8. The average Bonchev–Trinajstić information content (AvgIpc) is 2.86. The molecule has 0 heterocycles. The van der Waals surface area contributed by atoms with Gasteiger partial charge in [0, 0.05) is 0 Å². The molecule has 2 atom stereocenters. The lowest BCUT2D eigenvalue weighted by atomic mass is 10.0. The van der Waals surface area contributed by atoms with Gasteiger partial charge in [-0.2, -0.15) is 5.48 Å². The highest BCUT2D eigenvalue weighted by Gasteiger charge is 2.21. The Morgan fingerprint density at radius 2 is 1.41 bits per heavy atom. The molecule has 0 bridgehead atoms. The molecule has 2 aromatic carbocycles. The molecule has 0 aromatic heterocycles. The Bertz CT molecular complexity index is 930. The Labute approximate surface area is 232 Å². The summed E-state index contributed by atoms with van der Waals surface area (Å²) in [6, 6.07) is 16.6. The van der Waals surface area contributed by atoms with E-state index in [-0.39, 0.29) is 31.2 Å². The van der Waals surface area contributed by atoms with E-state index in [1.165, 1.54) is 18.1 Å². The van der Waals surface area contributed by atoms with E-state index < -0.39 is 29.9 Å². The second kappa shape index (κ2) is 19.5. The number of halogens is 2. The monoisotopic (exact) mass is 554 g/mol. The number of benzene rings is 2. The molecule has 0 saturated heterocycles. The van der Waals surface area contributed by atoms with Gasteiger partial charge in [0.25, 0.3) is 5.91 Å². The van der Waals surface area contributed by atoms with Crippen molar-refractivity contribution in [2.45, 2.75) is 70.4 Å². The highest BCUT2D eigenvalue weighted by Crippen LogP contribution is 2.11. The third-order valence-corrected chi connectivity index (χ3v) is 5.70. The van der Waals surface area contributed by atoms with Crippen molar-refractivity contribution in [2.75, 3.05) is 6.54 Å². The minimum atomic E-state index is -0.940. The zero-order chi connectivity index (χ0) is 25.5. The van der Waals surface area contributed by atoms with Crippen molar-refractivity contribution < 1.29 is 19.2 Å². The molecule has 0 aliphatic rings. The van der Waals surface area contributed by atoms with Crippen LogP contribution in [0.25, 0.3) is 0 Å². The molecule has 2 unspecified atom stereocenters. The van der Waals surface area contributed by atoms with Crippen LogP contribution in [0.5, 0.6) is 0 Å². The molecule has 0 saturated carbocycles. The van der Waals surface area contributed by atoms with Crippen molar-refractivity contribution >= 4 is 42.6 Å². The molecule has 0 aliphatic carbocycles. The molecule has 0 radical (unpaired) electrons. The highest BCUT2D eigenvalue weighted by atomic mass is 35.5. The fraction of sp³-hybridized carbons (Fsp3) is 0.444. The molecular formula is C27H40Cl2N4O4. The lowest BCUT2D eigenvalue weighted by Gasteiger charge is -2.16. The van der Waals surface area contributed by atoms with Crippen LogP contribution in [0.3, 0.4) is 0 Å². The van der Waals surface area contributed by atoms with E-state index >= 15 is 0 Å². The lowest BCUT2D eigenvalue weighted by molar-refractivity contribution is -0.160. The normalized spacial score (nSPS) is 11.8. The van der Waals surface area contributed by atoms with Gasteiger partial charge in [-0.15, -0.1) is 24.8 Å². The van der Waals surface area contributed by atoms with Crippen LogP contribution in [-0.4, -0.2) is 36.4 Å². The molecule has 206 valence electrons. The van der Waals surface area contributed by atoms with E-state index in [0.29, 0.717) is 13.0 Å². The first-order valence-corrected chi connectivity index (χ1v) is 12.3. The summed E-state index contributed by atoms with van der Waals surface area (Å²) in [5.74, 6) is -1.67. The van der Waals surface area contributed by atoms with Crippen LogP contribution >= 0.6 is 24.8 Å². The number of nitrogens with one attached hydrogen (secondary N) is 2. The first-order valence-electron chi connectivity index (χ1n) is 12.3. The minimum absolute atomic E-state index is 0. The Kier molecular flexibility index (Phi) is 18.1. The zero-order valence-electron chi connectivity index (χ0n) is 21.3. The van der Waals surface area contributed by atoms with Gasteiger partial charge in [0.2, 0.25) is 5.91 Å². The number of carbonyl (C=O) groups is 3. The van der Waals surface area contributed by atoms with Gasteiger partial charge >= 0.3 is 5.97 Å². The predicted molar refractivity (Wildman–Crippen MR) is 150 cm³/mol. The Hall–Kier alpha value is -2.65. The Balaban J connectivity index is 0.00000648. The first-order chi connectivity index (χ1) is 16.9. The number of unbranched alkanes of at least 4 members (excludes halogenated alkanes) is 2. The number of aryl methyl sites for hydroxylation is 2. The van der Waals surface area contributed by atoms with E-state index in [2.05, 4.69) is 35.1 Å². The molecule has 8 nitrogen and oxygen atoms in total. The molecule has 0 spiro atoms. The second-order valence-electron chi connectivity index (χ2n) is 8.75. The van der Waals surface area contributed by atoms with Gasteiger partial charge in [0.15, 0.2) is 0 Å². The SMILES string of the molecule is CC(NC(=O)C(N)CCCCN)C(=O)ONC(=O)Cc1ccc(CCCCc2ccccc2)cc1.Cl.Cl. The number of hydroxylamine groups is 1. The number of rotatable bonds is 14. The molecule has 2 rings (SSSR count). The summed E-state index contributed by atoms with van der Waals surface area (Å²) in [7, 11) is 0. The van der Waals surface area contributed by atoms with Crippen molar-refractivity contribution in [1.82, 2.24) is 10.8 Å². The summed E-state index contributed by atoms with van der Waals surface area (Å²) in [5, 5.41) is 2.50. The zero-order valence-corrected chi connectivity index (χ0v) is 23.0. The molecule has 0 fully saturated rings. The minimum Gasteiger partial charge on any atom is -0.342 e. The number of hydrogen-bond acceptors (Lipinski definition) is 6. The summed E-state index contributed by atoms with van der Waals surface area (Å²) in [4.78, 5) is 41.1. The van der Waals surface area contributed by atoms with Gasteiger partial charge in [-0.25, -0.2) is 4.79 Å². The molecule has 0 aliphatic heterocycles. The molecule has 2 aromatic rings. The van der Waals surface area contributed by atoms with Crippen LogP contribution in [0.4, 0.5) is 0 Å². The van der Waals surface area contributed by atoms with Gasteiger partial charge in [-0.05, 0) is 68.7 Å². The standard InChI is InChI=1S/C27H38N4O4.2ClH/c1-20(30-26(33)24(29)13-7-8-18-28)27(34)35-31-25(32)19-23-16-14-22(15-17-23)12-6-5-11-21-9-3-2-4-10-21;;/h2-4,9-10,14-17,20,24H,5-8,11-13,18-19,28-29H2,1H3,(H,30,33)(H,31,32);2*1H. The van der Waals surface area contributed by atoms with E-state index in [0.717, 1.165) is 44.1 Å². The maximum atomic E-state index is 12.1. The number of amides is 2. The van der Waals surface area contributed by atoms with Gasteiger partial charge in [-0.3, -0.25) is 9.59 Å². The fourth-order valence-corrected chi connectivity index (χ4v) is 3.56. The third-order valence-electron chi connectivity index (χ3n) is 5.70. The Morgan fingerprint density at radius 3 is 2.00 bits per heavy atom. The number of nitrogens with two attached hydrogens (primary N) is 2. The van der Waals surface area contributed by atoms with Crippen molar-refractivity contribution in [3.63, 3.8) is 0 Å². The molecule has 6 N–H and O–H groups in total. The van der Waals surface area contributed by atoms with Crippen LogP contribution in [0, 0.1) is 0 Å². The van der Waals surface area contributed by atoms with Crippen molar-refractivity contribution in [3.05, 3.63) is 71.3 Å². The van der Waals surface area contributed by atoms with Gasteiger partial charge in [0.05, 0.1) is 12.5 Å². The third kappa shape index (κ3) is 14.0. The second-order valence-corrected chi connectivity index (χ2v) is 8.75. The molecule has 10 heteroatoms.